The molecule has 3 fully saturated rings. The first-order valence-corrected chi connectivity index (χ1v) is 8.66. The quantitative estimate of drug-likeness (QED) is 0.895. The van der Waals surface area contributed by atoms with Gasteiger partial charge in [0, 0.05) is 42.3 Å². The molecule has 0 radical (unpaired) electrons. The van der Waals surface area contributed by atoms with Gasteiger partial charge in [-0.15, -0.1) is 0 Å². The van der Waals surface area contributed by atoms with E-state index in [9.17, 15) is 9.59 Å². The molecule has 5 nitrogen and oxygen atoms in total. The molecule has 0 spiro atoms. The second-order valence-electron chi connectivity index (χ2n) is 6.98. The fourth-order valence-corrected chi connectivity index (χ4v) is 4.18. The van der Waals surface area contributed by atoms with E-state index >= 15 is 0 Å². The summed E-state index contributed by atoms with van der Waals surface area (Å²) in [7, 11) is 0. The van der Waals surface area contributed by atoms with Gasteiger partial charge in [0.15, 0.2) is 0 Å². The lowest BCUT2D eigenvalue weighted by molar-refractivity contribution is -0.117. The van der Waals surface area contributed by atoms with Crippen LogP contribution in [0.15, 0.2) is 24.3 Å². The zero-order valence-electron chi connectivity index (χ0n) is 13.3. The SMILES string of the molecule is O=C(NC1CC2CCC(C1)N2)c1cccc(N2CCCC2=O)c1. The van der Waals surface area contributed by atoms with Crippen LogP contribution in [0.2, 0.25) is 0 Å². The molecule has 2 unspecified atom stereocenters. The second-order valence-corrected chi connectivity index (χ2v) is 6.98. The van der Waals surface area contributed by atoms with Crippen molar-refractivity contribution in [2.75, 3.05) is 11.4 Å². The molecule has 122 valence electrons. The summed E-state index contributed by atoms with van der Waals surface area (Å²) in [5.74, 6) is 0.127. The van der Waals surface area contributed by atoms with Crippen LogP contribution in [0, 0.1) is 0 Å². The number of fused-ring (bicyclic) bond motifs is 2. The average Bonchev–Trinajstić information content (AvgIpc) is 3.13. The number of amides is 2. The summed E-state index contributed by atoms with van der Waals surface area (Å²) in [5.41, 5.74) is 1.48. The summed E-state index contributed by atoms with van der Waals surface area (Å²) < 4.78 is 0. The van der Waals surface area contributed by atoms with Crippen LogP contribution in [0.1, 0.15) is 48.9 Å². The molecular weight excluding hydrogens is 290 g/mol. The third-order valence-electron chi connectivity index (χ3n) is 5.30. The lowest BCUT2D eigenvalue weighted by Crippen LogP contribution is -2.48. The van der Waals surface area contributed by atoms with E-state index in [-0.39, 0.29) is 17.9 Å². The molecule has 0 aromatic heterocycles. The first-order valence-electron chi connectivity index (χ1n) is 8.66. The highest BCUT2D eigenvalue weighted by Gasteiger charge is 2.34. The van der Waals surface area contributed by atoms with Crippen LogP contribution in [-0.2, 0) is 4.79 Å². The number of hydrogen-bond donors (Lipinski definition) is 2. The number of hydrogen-bond acceptors (Lipinski definition) is 3. The third kappa shape index (κ3) is 2.98. The van der Waals surface area contributed by atoms with Gasteiger partial charge in [-0.1, -0.05) is 6.07 Å². The van der Waals surface area contributed by atoms with Crippen molar-refractivity contribution in [2.45, 2.75) is 56.7 Å². The molecular formula is C18H23N3O2. The zero-order chi connectivity index (χ0) is 15.8. The molecule has 5 heteroatoms. The Labute approximate surface area is 136 Å². The molecule has 0 aliphatic carbocycles. The van der Waals surface area contributed by atoms with Crippen molar-refractivity contribution in [1.82, 2.24) is 10.6 Å². The molecule has 3 aliphatic heterocycles. The van der Waals surface area contributed by atoms with E-state index in [1.165, 1.54) is 12.8 Å². The van der Waals surface area contributed by atoms with Gasteiger partial charge in [0.05, 0.1) is 0 Å². The van der Waals surface area contributed by atoms with Gasteiger partial charge < -0.3 is 15.5 Å². The Morgan fingerprint density at radius 2 is 2.00 bits per heavy atom. The Balaban J connectivity index is 1.45. The predicted octanol–water partition coefficient (Wildman–Crippen LogP) is 1.83. The van der Waals surface area contributed by atoms with Gasteiger partial charge in [0.25, 0.3) is 5.91 Å². The first-order chi connectivity index (χ1) is 11.2. The minimum absolute atomic E-state index is 0.0233. The van der Waals surface area contributed by atoms with Gasteiger partial charge in [-0.05, 0) is 50.3 Å². The van der Waals surface area contributed by atoms with Crippen molar-refractivity contribution in [3.63, 3.8) is 0 Å². The molecule has 2 bridgehead atoms. The number of benzene rings is 1. The van der Waals surface area contributed by atoms with E-state index in [2.05, 4.69) is 10.6 Å². The first kappa shape index (κ1) is 14.7. The number of nitrogens with zero attached hydrogens (tertiary/aromatic N) is 1. The molecule has 3 heterocycles. The van der Waals surface area contributed by atoms with Crippen molar-refractivity contribution < 1.29 is 9.59 Å². The van der Waals surface area contributed by atoms with Crippen molar-refractivity contribution in [1.29, 1.82) is 0 Å². The molecule has 1 aromatic rings. The molecule has 3 aliphatic rings. The molecule has 3 saturated heterocycles. The van der Waals surface area contributed by atoms with Crippen molar-refractivity contribution in [2.24, 2.45) is 0 Å². The number of rotatable bonds is 3. The fourth-order valence-electron chi connectivity index (χ4n) is 4.18. The van der Waals surface area contributed by atoms with E-state index in [0.717, 1.165) is 31.5 Å². The highest BCUT2D eigenvalue weighted by atomic mass is 16.2. The molecule has 1 aromatic carbocycles. The monoisotopic (exact) mass is 313 g/mol. The summed E-state index contributed by atoms with van der Waals surface area (Å²) in [6.45, 7) is 0.752. The van der Waals surface area contributed by atoms with Gasteiger partial charge in [-0.25, -0.2) is 0 Å². The minimum atomic E-state index is -0.0233. The van der Waals surface area contributed by atoms with Crippen LogP contribution >= 0.6 is 0 Å². The summed E-state index contributed by atoms with van der Waals surface area (Å²) in [5, 5.41) is 6.77. The van der Waals surface area contributed by atoms with E-state index < -0.39 is 0 Å². The Kier molecular flexibility index (Phi) is 3.81. The van der Waals surface area contributed by atoms with Crippen LogP contribution in [0.3, 0.4) is 0 Å². The van der Waals surface area contributed by atoms with Gasteiger partial charge >= 0.3 is 0 Å². The smallest absolute Gasteiger partial charge is 0.251 e. The third-order valence-corrected chi connectivity index (χ3v) is 5.30. The number of anilines is 1. The maximum absolute atomic E-state index is 12.6. The van der Waals surface area contributed by atoms with E-state index in [0.29, 0.717) is 24.1 Å². The highest BCUT2D eigenvalue weighted by Crippen LogP contribution is 2.27. The molecule has 2 N–H and O–H groups in total. The lowest BCUT2D eigenvalue weighted by Gasteiger charge is -2.29. The maximum Gasteiger partial charge on any atom is 0.251 e. The molecule has 2 atom stereocenters. The Morgan fingerprint density at radius 1 is 1.22 bits per heavy atom. The standard InChI is InChI=1S/C18H23N3O2/c22-17-5-2-8-21(17)16-4-1-3-12(9-16)18(23)20-15-10-13-6-7-14(11-15)19-13/h1,3-4,9,13-15,19H,2,5-8,10-11H2,(H,20,23). The normalized spacial score (nSPS) is 29.8. The van der Waals surface area contributed by atoms with E-state index in [1.807, 2.05) is 24.3 Å². The van der Waals surface area contributed by atoms with Gasteiger partial charge in [0.2, 0.25) is 5.91 Å². The van der Waals surface area contributed by atoms with Crippen molar-refractivity contribution in [3.8, 4) is 0 Å². The average molecular weight is 313 g/mol. The van der Waals surface area contributed by atoms with Crippen LogP contribution in [0.4, 0.5) is 5.69 Å². The fraction of sp³-hybridized carbons (Fsp3) is 0.556. The number of nitrogens with one attached hydrogen (secondary N) is 2. The van der Waals surface area contributed by atoms with Gasteiger partial charge in [-0.2, -0.15) is 0 Å². The zero-order valence-corrected chi connectivity index (χ0v) is 13.3. The number of carbonyl (C=O) groups is 2. The largest absolute Gasteiger partial charge is 0.349 e. The van der Waals surface area contributed by atoms with Crippen LogP contribution in [-0.4, -0.2) is 36.5 Å². The number of piperidine rings is 1. The van der Waals surface area contributed by atoms with E-state index in [4.69, 9.17) is 0 Å². The van der Waals surface area contributed by atoms with Crippen LogP contribution in [0.25, 0.3) is 0 Å². The van der Waals surface area contributed by atoms with Crippen LogP contribution in [0.5, 0.6) is 0 Å². The van der Waals surface area contributed by atoms with E-state index in [1.54, 1.807) is 4.90 Å². The Morgan fingerprint density at radius 3 is 2.70 bits per heavy atom. The second kappa shape index (κ2) is 5.96. The maximum atomic E-state index is 12.6. The molecule has 4 rings (SSSR count). The summed E-state index contributed by atoms with van der Waals surface area (Å²) in [4.78, 5) is 26.2. The predicted molar refractivity (Wildman–Crippen MR) is 88.5 cm³/mol. The summed E-state index contributed by atoms with van der Waals surface area (Å²) in [6.07, 6.45) is 5.99. The van der Waals surface area contributed by atoms with Crippen molar-refractivity contribution in [3.05, 3.63) is 29.8 Å². The summed E-state index contributed by atoms with van der Waals surface area (Å²) in [6, 6.07) is 8.83. The topological polar surface area (TPSA) is 61.4 Å². The lowest BCUT2D eigenvalue weighted by atomic mass is 9.99. The minimum Gasteiger partial charge on any atom is -0.349 e. The Bertz CT molecular complexity index is 618. The Hall–Kier alpha value is -1.88. The molecule has 23 heavy (non-hydrogen) atoms. The van der Waals surface area contributed by atoms with Crippen molar-refractivity contribution >= 4 is 17.5 Å². The summed E-state index contributed by atoms with van der Waals surface area (Å²) >= 11 is 0. The van der Waals surface area contributed by atoms with Crippen LogP contribution < -0.4 is 15.5 Å². The van der Waals surface area contributed by atoms with Gasteiger partial charge in [-0.3, -0.25) is 9.59 Å². The molecule has 2 amide bonds. The highest BCUT2D eigenvalue weighted by molar-refractivity contribution is 5.99. The van der Waals surface area contributed by atoms with Gasteiger partial charge in [0.1, 0.15) is 0 Å². The molecule has 0 saturated carbocycles. The number of carbonyl (C=O) groups excluding carboxylic acids is 2.